The minimum Gasteiger partial charge on any atom is -0.508 e. The molecule has 27 heavy (non-hydrogen) atoms. The molecule has 0 atom stereocenters. The van der Waals surface area contributed by atoms with Crippen molar-refractivity contribution in [1.29, 1.82) is 0 Å². The maximum Gasteiger partial charge on any atom is 0.214 e. The lowest BCUT2D eigenvalue weighted by Crippen LogP contribution is -1.98. The van der Waals surface area contributed by atoms with Gasteiger partial charge >= 0.3 is 0 Å². The van der Waals surface area contributed by atoms with Crippen LogP contribution in [-0.2, 0) is 5.75 Å². The van der Waals surface area contributed by atoms with Gasteiger partial charge in [-0.05, 0) is 46.8 Å². The third-order valence-electron chi connectivity index (χ3n) is 3.75. The highest BCUT2D eigenvalue weighted by atomic mass is 32.2. The molecule has 1 N–H and O–H groups in total. The molecule has 136 valence electrons. The molecule has 9 heteroatoms. The van der Waals surface area contributed by atoms with Crippen LogP contribution < -0.4 is 4.74 Å². The number of aromatic hydroxyl groups is 1. The molecule has 0 unspecified atom stereocenters. The van der Waals surface area contributed by atoms with Gasteiger partial charge in [0.05, 0.1) is 18.5 Å². The Hall–Kier alpha value is -2.91. The molecule has 0 aliphatic carbocycles. The number of tetrazole rings is 1. The topological polar surface area (TPSA) is 86.0 Å². The van der Waals surface area contributed by atoms with Crippen LogP contribution >= 0.6 is 23.1 Å². The van der Waals surface area contributed by atoms with Gasteiger partial charge in [0.25, 0.3) is 0 Å². The van der Waals surface area contributed by atoms with E-state index in [0.717, 1.165) is 27.7 Å². The molecule has 2 aromatic heterocycles. The highest BCUT2D eigenvalue weighted by molar-refractivity contribution is 7.98. The number of thioether (sulfide) groups is 1. The second kappa shape index (κ2) is 7.77. The molecule has 0 saturated carbocycles. The molecule has 7 nitrogen and oxygen atoms in total. The maximum absolute atomic E-state index is 9.42. The Labute approximate surface area is 163 Å². The van der Waals surface area contributed by atoms with Crippen LogP contribution in [0.5, 0.6) is 11.5 Å². The average molecular weight is 397 g/mol. The van der Waals surface area contributed by atoms with Crippen molar-refractivity contribution in [2.24, 2.45) is 0 Å². The fraction of sp³-hybridized carbons (Fsp3) is 0.111. The van der Waals surface area contributed by atoms with E-state index >= 15 is 0 Å². The molecule has 0 aliphatic rings. The zero-order valence-corrected chi connectivity index (χ0v) is 15.9. The van der Waals surface area contributed by atoms with Gasteiger partial charge in [0.2, 0.25) is 5.16 Å². The number of hydrogen-bond donors (Lipinski definition) is 1. The summed E-state index contributed by atoms with van der Waals surface area (Å²) in [4.78, 5) is 4.70. The van der Waals surface area contributed by atoms with Crippen molar-refractivity contribution in [3.05, 3.63) is 59.6 Å². The zero-order chi connectivity index (χ0) is 18.6. The highest BCUT2D eigenvalue weighted by Crippen LogP contribution is 2.29. The third-order valence-corrected chi connectivity index (χ3v) is 5.65. The Bertz CT molecular complexity index is 1050. The first-order valence-electron chi connectivity index (χ1n) is 8.02. The lowest BCUT2D eigenvalue weighted by molar-refractivity contribution is 0.415. The first kappa shape index (κ1) is 17.5. The molecule has 4 aromatic rings. The normalized spacial score (nSPS) is 10.9. The molecular weight excluding hydrogens is 382 g/mol. The molecule has 0 fully saturated rings. The van der Waals surface area contributed by atoms with Crippen LogP contribution in [0.4, 0.5) is 0 Å². The van der Waals surface area contributed by atoms with Crippen LogP contribution in [0, 0.1) is 0 Å². The van der Waals surface area contributed by atoms with E-state index < -0.39 is 0 Å². The predicted molar refractivity (Wildman–Crippen MR) is 104 cm³/mol. The number of aromatic nitrogens is 5. The molecule has 0 radical (unpaired) electrons. The summed E-state index contributed by atoms with van der Waals surface area (Å²) in [5, 5.41) is 24.9. The average Bonchev–Trinajstić information content (AvgIpc) is 3.36. The molecule has 0 bridgehead atoms. The van der Waals surface area contributed by atoms with Crippen molar-refractivity contribution in [2.45, 2.75) is 10.9 Å². The van der Waals surface area contributed by atoms with Crippen molar-refractivity contribution < 1.29 is 9.84 Å². The Balaban J connectivity index is 1.48. The number of phenols is 1. The monoisotopic (exact) mass is 397 g/mol. The zero-order valence-electron chi connectivity index (χ0n) is 14.3. The summed E-state index contributed by atoms with van der Waals surface area (Å²) >= 11 is 3.10. The van der Waals surface area contributed by atoms with Crippen molar-refractivity contribution in [3.8, 4) is 27.8 Å². The highest BCUT2D eigenvalue weighted by Gasteiger charge is 2.11. The van der Waals surface area contributed by atoms with Gasteiger partial charge in [0.1, 0.15) is 16.5 Å². The number of thiazole rings is 1. The Kier molecular flexibility index (Phi) is 5.03. The van der Waals surface area contributed by atoms with Crippen LogP contribution in [0.2, 0.25) is 0 Å². The fourth-order valence-electron chi connectivity index (χ4n) is 2.43. The number of hydrogen-bond acceptors (Lipinski definition) is 8. The summed E-state index contributed by atoms with van der Waals surface area (Å²) in [5.41, 5.74) is 2.78. The molecule has 0 saturated heterocycles. The van der Waals surface area contributed by atoms with Crippen molar-refractivity contribution in [2.75, 3.05) is 7.11 Å². The van der Waals surface area contributed by atoms with Crippen molar-refractivity contribution in [3.63, 3.8) is 0 Å². The summed E-state index contributed by atoms with van der Waals surface area (Å²) in [5.74, 6) is 1.67. The summed E-state index contributed by atoms with van der Waals surface area (Å²) in [6, 6.07) is 14.6. The van der Waals surface area contributed by atoms with Crippen LogP contribution in [0.15, 0.2) is 59.1 Å². The lowest BCUT2D eigenvalue weighted by Gasteiger charge is -2.03. The summed E-state index contributed by atoms with van der Waals surface area (Å²) in [6.07, 6.45) is 0. The quantitative estimate of drug-likeness (QED) is 0.495. The minimum atomic E-state index is 0.202. The molecular formula is C18H15N5O2S2. The molecule has 4 rings (SSSR count). The van der Waals surface area contributed by atoms with Crippen molar-refractivity contribution >= 4 is 23.1 Å². The number of nitrogens with zero attached hydrogens (tertiary/aromatic N) is 5. The van der Waals surface area contributed by atoms with E-state index in [1.165, 1.54) is 11.8 Å². The van der Waals surface area contributed by atoms with E-state index in [0.29, 0.717) is 10.9 Å². The summed E-state index contributed by atoms with van der Waals surface area (Å²) in [6.45, 7) is 0. The molecule has 2 heterocycles. The number of rotatable bonds is 6. The summed E-state index contributed by atoms with van der Waals surface area (Å²) < 4.78 is 6.91. The van der Waals surface area contributed by atoms with E-state index in [2.05, 4.69) is 15.5 Å². The first-order chi connectivity index (χ1) is 13.2. The number of ether oxygens (including phenoxy) is 1. The number of phenolic OH excluding ortho intramolecular Hbond substituents is 1. The van der Waals surface area contributed by atoms with Gasteiger partial charge in [0, 0.05) is 16.7 Å². The first-order valence-corrected chi connectivity index (χ1v) is 9.89. The summed E-state index contributed by atoms with van der Waals surface area (Å²) in [7, 11) is 1.65. The molecule has 2 aromatic carbocycles. The van der Waals surface area contributed by atoms with Gasteiger partial charge in [-0.2, -0.15) is 4.68 Å². The van der Waals surface area contributed by atoms with E-state index in [9.17, 15) is 5.11 Å². The predicted octanol–water partition coefficient (Wildman–Crippen LogP) is 3.79. The molecule has 0 aliphatic heterocycles. The molecule has 0 amide bonds. The molecule has 0 spiro atoms. The van der Waals surface area contributed by atoms with Gasteiger partial charge < -0.3 is 9.84 Å². The van der Waals surface area contributed by atoms with Gasteiger partial charge in [-0.3, -0.25) is 0 Å². The van der Waals surface area contributed by atoms with E-state index in [4.69, 9.17) is 9.72 Å². The largest absolute Gasteiger partial charge is 0.508 e. The number of methoxy groups -OCH3 is 1. The standard InChI is InChI=1S/C18H15N5O2S2/c1-25-16-4-2-3-12(9-16)17-19-13(10-26-17)11-27-18-20-21-22-23(18)14-5-7-15(24)8-6-14/h2-10,24H,11H2,1H3. The smallest absolute Gasteiger partial charge is 0.214 e. The third kappa shape index (κ3) is 3.93. The van der Waals surface area contributed by atoms with Gasteiger partial charge in [0.15, 0.2) is 0 Å². The van der Waals surface area contributed by atoms with E-state index in [1.807, 2.05) is 29.6 Å². The van der Waals surface area contributed by atoms with Crippen LogP contribution in [0.3, 0.4) is 0 Å². The Morgan fingerprint density at radius 1 is 1.19 bits per heavy atom. The van der Waals surface area contributed by atoms with Crippen LogP contribution in [0.25, 0.3) is 16.3 Å². The lowest BCUT2D eigenvalue weighted by atomic mass is 10.2. The van der Waals surface area contributed by atoms with Gasteiger partial charge in [-0.25, -0.2) is 4.98 Å². The Morgan fingerprint density at radius 2 is 2.04 bits per heavy atom. The maximum atomic E-state index is 9.42. The SMILES string of the molecule is COc1cccc(-c2nc(CSc3nnnn3-c3ccc(O)cc3)cs2)c1. The van der Waals surface area contributed by atoms with Crippen LogP contribution in [-0.4, -0.2) is 37.4 Å². The van der Waals surface area contributed by atoms with Crippen LogP contribution in [0.1, 0.15) is 5.69 Å². The van der Waals surface area contributed by atoms with Gasteiger partial charge in [-0.1, -0.05) is 23.9 Å². The van der Waals surface area contributed by atoms with Gasteiger partial charge in [-0.15, -0.1) is 16.4 Å². The van der Waals surface area contributed by atoms with E-state index in [1.54, 1.807) is 47.4 Å². The second-order valence-corrected chi connectivity index (χ2v) is 7.35. The minimum absolute atomic E-state index is 0.202. The number of benzene rings is 2. The Morgan fingerprint density at radius 3 is 2.85 bits per heavy atom. The van der Waals surface area contributed by atoms with Crippen molar-refractivity contribution in [1.82, 2.24) is 25.2 Å². The second-order valence-electron chi connectivity index (χ2n) is 5.55. The van der Waals surface area contributed by atoms with E-state index in [-0.39, 0.29) is 5.75 Å². The fourth-order valence-corrected chi connectivity index (χ4v) is 4.13.